The summed E-state index contributed by atoms with van der Waals surface area (Å²) >= 11 is 0. The molecule has 0 radical (unpaired) electrons. The zero-order valence-electron chi connectivity index (χ0n) is 11.7. The molecule has 0 spiro atoms. The summed E-state index contributed by atoms with van der Waals surface area (Å²) < 4.78 is 0. The second-order valence-electron chi connectivity index (χ2n) is 5.02. The molecule has 1 atom stereocenters. The highest BCUT2D eigenvalue weighted by Gasteiger charge is 2.17. The van der Waals surface area contributed by atoms with Crippen LogP contribution in [0.4, 0.5) is 5.69 Å². The number of nitrogen functional groups attached to an aromatic ring is 1. The molecule has 0 fully saturated rings. The van der Waals surface area contributed by atoms with E-state index in [2.05, 4.69) is 38.3 Å². The van der Waals surface area contributed by atoms with Crippen LogP contribution < -0.4 is 17.0 Å². The summed E-state index contributed by atoms with van der Waals surface area (Å²) in [5.41, 5.74) is 15.6. The largest absolute Gasteiger partial charge is 0.398 e. The lowest BCUT2D eigenvalue weighted by molar-refractivity contribution is 0.634. The average molecular weight is 255 g/mol. The van der Waals surface area contributed by atoms with E-state index in [1.54, 1.807) is 0 Å². The molecule has 0 aliphatic carbocycles. The first-order valence-corrected chi connectivity index (χ1v) is 6.43. The maximum Gasteiger partial charge on any atom is 0.0732 e. The summed E-state index contributed by atoms with van der Waals surface area (Å²) in [4.78, 5) is 0. The van der Waals surface area contributed by atoms with Crippen molar-refractivity contribution in [3.8, 4) is 0 Å². The molecule has 0 saturated carbocycles. The molecule has 0 bridgehead atoms. The number of rotatable bonds is 3. The number of para-hydroxylation sites is 1. The third kappa shape index (κ3) is 2.62. The summed E-state index contributed by atoms with van der Waals surface area (Å²) in [5, 5.41) is 0. The van der Waals surface area contributed by atoms with Gasteiger partial charge in [-0.15, -0.1) is 0 Å². The topological polar surface area (TPSA) is 64.1 Å². The van der Waals surface area contributed by atoms with Crippen molar-refractivity contribution < 1.29 is 0 Å². The number of nitrogens with one attached hydrogen (secondary N) is 1. The molecular formula is C16H21N3. The standard InChI is InChI=1S/C16H21N3/c1-10-8-12(3)14(9-11(10)2)16(19-18)13-6-4-5-7-15(13)17/h4-9,16,19H,17-18H2,1-3H3. The third-order valence-corrected chi connectivity index (χ3v) is 3.67. The first-order chi connectivity index (χ1) is 9.04. The van der Waals surface area contributed by atoms with Crippen molar-refractivity contribution in [3.63, 3.8) is 0 Å². The molecule has 19 heavy (non-hydrogen) atoms. The first kappa shape index (κ1) is 13.6. The molecule has 0 aliphatic heterocycles. The van der Waals surface area contributed by atoms with E-state index in [4.69, 9.17) is 11.6 Å². The average Bonchev–Trinajstić information content (AvgIpc) is 2.38. The van der Waals surface area contributed by atoms with Crippen LogP contribution in [0.5, 0.6) is 0 Å². The number of nitrogens with two attached hydrogens (primary N) is 2. The van der Waals surface area contributed by atoms with Gasteiger partial charge in [0, 0.05) is 5.69 Å². The van der Waals surface area contributed by atoms with E-state index in [0.717, 1.165) is 11.3 Å². The Labute approximate surface area is 114 Å². The minimum Gasteiger partial charge on any atom is -0.398 e. The van der Waals surface area contributed by atoms with Crippen molar-refractivity contribution in [3.05, 3.63) is 64.2 Å². The molecule has 100 valence electrons. The van der Waals surface area contributed by atoms with Crippen molar-refractivity contribution >= 4 is 5.69 Å². The Morgan fingerprint density at radius 1 is 0.895 bits per heavy atom. The highest BCUT2D eigenvalue weighted by Crippen LogP contribution is 2.29. The Morgan fingerprint density at radius 3 is 2.16 bits per heavy atom. The minimum absolute atomic E-state index is 0.0829. The fourth-order valence-corrected chi connectivity index (χ4v) is 2.41. The van der Waals surface area contributed by atoms with E-state index in [9.17, 15) is 0 Å². The van der Waals surface area contributed by atoms with Gasteiger partial charge >= 0.3 is 0 Å². The Hall–Kier alpha value is -1.84. The Balaban J connectivity index is 2.55. The number of benzene rings is 2. The molecule has 1 unspecified atom stereocenters. The molecule has 0 aliphatic rings. The number of hydrazine groups is 1. The van der Waals surface area contributed by atoms with E-state index in [1.807, 2.05) is 24.3 Å². The van der Waals surface area contributed by atoms with Crippen molar-refractivity contribution in [2.24, 2.45) is 5.84 Å². The smallest absolute Gasteiger partial charge is 0.0732 e. The van der Waals surface area contributed by atoms with E-state index >= 15 is 0 Å². The Morgan fingerprint density at radius 2 is 1.53 bits per heavy atom. The van der Waals surface area contributed by atoms with Gasteiger partial charge in [-0.05, 0) is 54.7 Å². The summed E-state index contributed by atoms with van der Waals surface area (Å²) in [7, 11) is 0. The molecule has 0 aromatic heterocycles. The number of hydrogen-bond donors (Lipinski definition) is 3. The van der Waals surface area contributed by atoms with Crippen molar-refractivity contribution in [2.45, 2.75) is 26.8 Å². The predicted octanol–water partition coefficient (Wildman–Crippen LogP) is 2.75. The van der Waals surface area contributed by atoms with Gasteiger partial charge in [0.05, 0.1) is 6.04 Å². The van der Waals surface area contributed by atoms with Crippen molar-refractivity contribution in [1.29, 1.82) is 0 Å². The lowest BCUT2D eigenvalue weighted by Crippen LogP contribution is -2.30. The lowest BCUT2D eigenvalue weighted by atomic mass is 9.91. The van der Waals surface area contributed by atoms with Crippen LogP contribution in [-0.2, 0) is 0 Å². The second-order valence-corrected chi connectivity index (χ2v) is 5.02. The monoisotopic (exact) mass is 255 g/mol. The number of anilines is 1. The molecule has 5 N–H and O–H groups in total. The fourth-order valence-electron chi connectivity index (χ4n) is 2.41. The first-order valence-electron chi connectivity index (χ1n) is 6.43. The van der Waals surface area contributed by atoms with Crippen molar-refractivity contribution in [1.82, 2.24) is 5.43 Å². The van der Waals surface area contributed by atoms with Gasteiger partial charge in [-0.2, -0.15) is 0 Å². The van der Waals surface area contributed by atoms with Gasteiger partial charge < -0.3 is 5.73 Å². The lowest BCUT2D eigenvalue weighted by Gasteiger charge is -2.22. The van der Waals surface area contributed by atoms with Crippen LogP contribution in [0.25, 0.3) is 0 Å². The molecule has 3 nitrogen and oxygen atoms in total. The molecule has 0 amide bonds. The van der Waals surface area contributed by atoms with Gasteiger partial charge in [0.15, 0.2) is 0 Å². The van der Waals surface area contributed by atoms with Crippen molar-refractivity contribution in [2.75, 3.05) is 5.73 Å². The Kier molecular flexibility index (Phi) is 3.88. The van der Waals surface area contributed by atoms with Crippen LogP contribution in [0.15, 0.2) is 36.4 Å². The molecular weight excluding hydrogens is 234 g/mol. The van der Waals surface area contributed by atoms with E-state index in [1.165, 1.54) is 22.3 Å². The molecule has 2 rings (SSSR count). The van der Waals surface area contributed by atoms with Crippen LogP contribution >= 0.6 is 0 Å². The highest BCUT2D eigenvalue weighted by atomic mass is 15.2. The van der Waals surface area contributed by atoms with Gasteiger partial charge in [0.1, 0.15) is 0 Å². The Bertz CT molecular complexity index is 591. The summed E-state index contributed by atoms with van der Waals surface area (Å²) in [6.07, 6.45) is 0. The summed E-state index contributed by atoms with van der Waals surface area (Å²) in [6, 6.07) is 12.1. The van der Waals surface area contributed by atoms with Gasteiger partial charge in [0.2, 0.25) is 0 Å². The SMILES string of the molecule is Cc1cc(C)c(C(NN)c2ccccc2N)cc1C. The van der Waals surface area contributed by atoms with Gasteiger partial charge in [-0.3, -0.25) is 5.84 Å². The van der Waals surface area contributed by atoms with Gasteiger partial charge in [0.25, 0.3) is 0 Å². The van der Waals surface area contributed by atoms with E-state index in [0.29, 0.717) is 0 Å². The summed E-state index contributed by atoms with van der Waals surface area (Å²) in [5.74, 6) is 5.76. The molecule has 2 aromatic rings. The quantitative estimate of drug-likeness (QED) is 0.449. The molecule has 0 saturated heterocycles. The normalized spacial score (nSPS) is 12.4. The zero-order valence-corrected chi connectivity index (χ0v) is 11.7. The van der Waals surface area contributed by atoms with Gasteiger partial charge in [-0.25, -0.2) is 5.43 Å². The fraction of sp³-hybridized carbons (Fsp3) is 0.250. The third-order valence-electron chi connectivity index (χ3n) is 3.67. The van der Waals surface area contributed by atoms with Gasteiger partial charge in [-0.1, -0.05) is 30.3 Å². The maximum absolute atomic E-state index is 6.06. The summed E-state index contributed by atoms with van der Waals surface area (Å²) in [6.45, 7) is 6.33. The van der Waals surface area contributed by atoms with Crippen LogP contribution in [0.2, 0.25) is 0 Å². The number of aryl methyl sites for hydroxylation is 3. The van der Waals surface area contributed by atoms with Crippen LogP contribution in [-0.4, -0.2) is 0 Å². The van der Waals surface area contributed by atoms with Crippen LogP contribution in [0, 0.1) is 20.8 Å². The highest BCUT2D eigenvalue weighted by molar-refractivity contribution is 5.53. The second kappa shape index (κ2) is 5.43. The predicted molar refractivity (Wildman–Crippen MR) is 80.7 cm³/mol. The van der Waals surface area contributed by atoms with E-state index in [-0.39, 0.29) is 6.04 Å². The number of hydrogen-bond acceptors (Lipinski definition) is 3. The zero-order chi connectivity index (χ0) is 14.0. The maximum atomic E-state index is 6.06. The van der Waals surface area contributed by atoms with E-state index < -0.39 is 0 Å². The molecule has 3 heteroatoms. The molecule has 0 heterocycles. The molecule has 2 aromatic carbocycles. The van der Waals surface area contributed by atoms with Crippen LogP contribution in [0.3, 0.4) is 0 Å². The minimum atomic E-state index is -0.0829. The van der Waals surface area contributed by atoms with Crippen LogP contribution in [0.1, 0.15) is 33.9 Å².